The number of benzene rings is 1. The Morgan fingerprint density at radius 1 is 1.12 bits per heavy atom. The molecule has 1 aliphatic rings. The predicted octanol–water partition coefficient (Wildman–Crippen LogP) is 2.67. The molecule has 2 heterocycles. The number of carbonyl (C=O) groups is 1. The zero-order valence-corrected chi connectivity index (χ0v) is 14.6. The third kappa shape index (κ3) is 4.57. The summed E-state index contributed by atoms with van der Waals surface area (Å²) in [6.07, 6.45) is 4.92. The van der Waals surface area contributed by atoms with Gasteiger partial charge in [-0.2, -0.15) is 0 Å². The Morgan fingerprint density at radius 3 is 2.52 bits per heavy atom. The van der Waals surface area contributed by atoms with Crippen LogP contribution in [-0.2, 0) is 6.54 Å². The fraction of sp³-hybridized carbons (Fsp3) is 0.400. The zero-order chi connectivity index (χ0) is 17.5. The van der Waals surface area contributed by atoms with Crippen molar-refractivity contribution in [3.63, 3.8) is 0 Å². The third-order valence-corrected chi connectivity index (χ3v) is 4.56. The second kappa shape index (κ2) is 8.62. The van der Waals surface area contributed by atoms with Gasteiger partial charge in [0.2, 0.25) is 0 Å². The van der Waals surface area contributed by atoms with E-state index in [1.807, 2.05) is 47.4 Å². The number of nitrogens with zero attached hydrogens (tertiary/aromatic N) is 3. The lowest BCUT2D eigenvalue weighted by Gasteiger charge is -2.23. The minimum absolute atomic E-state index is 0.0118. The van der Waals surface area contributed by atoms with E-state index in [0.717, 1.165) is 30.9 Å². The molecule has 0 atom stereocenters. The number of pyridine rings is 1. The number of amides is 1. The van der Waals surface area contributed by atoms with Crippen molar-refractivity contribution in [3.05, 3.63) is 59.8 Å². The lowest BCUT2D eigenvalue weighted by molar-refractivity contribution is 0.0742. The highest BCUT2D eigenvalue weighted by Gasteiger charge is 2.18. The number of carbonyl (C=O) groups excluding carboxylic acids is 1. The van der Waals surface area contributed by atoms with Gasteiger partial charge in [-0.1, -0.05) is 30.3 Å². The second-order valence-electron chi connectivity index (χ2n) is 6.45. The fourth-order valence-electron chi connectivity index (χ4n) is 3.17. The zero-order valence-electron chi connectivity index (χ0n) is 14.6. The maximum absolute atomic E-state index is 12.9. The minimum Gasteiger partial charge on any atom is -0.357 e. The molecule has 1 amide bonds. The van der Waals surface area contributed by atoms with Crippen LogP contribution in [0.2, 0.25) is 0 Å². The number of rotatable bonds is 7. The highest BCUT2D eigenvalue weighted by molar-refractivity contribution is 5.94. The number of anilines is 1. The molecule has 0 bridgehead atoms. The Labute approximate surface area is 149 Å². The summed E-state index contributed by atoms with van der Waals surface area (Å²) >= 11 is 0. The number of hydrogen-bond donors (Lipinski definition) is 1. The summed E-state index contributed by atoms with van der Waals surface area (Å²) in [6.45, 7) is 3.92. The van der Waals surface area contributed by atoms with E-state index < -0.39 is 0 Å². The molecule has 1 aromatic heterocycles. The van der Waals surface area contributed by atoms with Gasteiger partial charge in [-0.25, -0.2) is 4.98 Å². The number of aromatic nitrogens is 1. The quantitative estimate of drug-likeness (QED) is 0.843. The summed E-state index contributed by atoms with van der Waals surface area (Å²) in [5, 5.41) is 0. The molecule has 0 unspecified atom stereocenters. The van der Waals surface area contributed by atoms with E-state index in [9.17, 15) is 4.79 Å². The number of hydrogen-bond acceptors (Lipinski definition) is 4. The normalized spacial score (nSPS) is 13.9. The molecule has 25 heavy (non-hydrogen) atoms. The lowest BCUT2D eigenvalue weighted by Crippen LogP contribution is -2.32. The first-order valence-electron chi connectivity index (χ1n) is 9.02. The van der Waals surface area contributed by atoms with Crippen LogP contribution in [0.15, 0.2) is 48.7 Å². The molecule has 0 radical (unpaired) electrons. The first-order valence-corrected chi connectivity index (χ1v) is 9.02. The summed E-state index contributed by atoms with van der Waals surface area (Å²) in [4.78, 5) is 21.5. The van der Waals surface area contributed by atoms with Crippen LogP contribution in [0.3, 0.4) is 0 Å². The fourth-order valence-corrected chi connectivity index (χ4v) is 3.17. The van der Waals surface area contributed by atoms with E-state index in [1.54, 1.807) is 6.20 Å². The van der Waals surface area contributed by atoms with E-state index in [4.69, 9.17) is 5.73 Å². The highest BCUT2D eigenvalue weighted by atomic mass is 16.2. The Kier molecular flexibility index (Phi) is 6.01. The first-order chi connectivity index (χ1) is 12.3. The smallest absolute Gasteiger partial charge is 0.255 e. The maximum Gasteiger partial charge on any atom is 0.255 e. The highest BCUT2D eigenvalue weighted by Crippen LogP contribution is 2.18. The molecule has 5 heteroatoms. The molecule has 2 N–H and O–H groups in total. The third-order valence-electron chi connectivity index (χ3n) is 4.56. The van der Waals surface area contributed by atoms with Crippen molar-refractivity contribution in [2.75, 3.05) is 31.1 Å². The van der Waals surface area contributed by atoms with Crippen LogP contribution in [0.4, 0.5) is 5.82 Å². The van der Waals surface area contributed by atoms with Gasteiger partial charge < -0.3 is 15.5 Å². The Morgan fingerprint density at radius 2 is 1.88 bits per heavy atom. The van der Waals surface area contributed by atoms with Crippen molar-refractivity contribution in [2.45, 2.75) is 25.8 Å². The van der Waals surface area contributed by atoms with Crippen molar-refractivity contribution in [2.24, 2.45) is 5.73 Å². The van der Waals surface area contributed by atoms with Crippen LogP contribution in [-0.4, -0.2) is 42.0 Å². The molecule has 132 valence electrons. The van der Waals surface area contributed by atoms with Crippen LogP contribution in [0.5, 0.6) is 0 Å². The molecule has 0 spiro atoms. The SMILES string of the molecule is NCCCN(Cc1ccccc1)C(=O)c1ccc(N2CCCC2)nc1. The number of nitrogens with two attached hydrogens (primary N) is 1. The van der Waals surface area contributed by atoms with Gasteiger partial charge in [0, 0.05) is 32.4 Å². The lowest BCUT2D eigenvalue weighted by atomic mass is 10.1. The van der Waals surface area contributed by atoms with Crippen molar-refractivity contribution in [1.82, 2.24) is 9.88 Å². The topological polar surface area (TPSA) is 62.5 Å². The molecule has 0 saturated carbocycles. The summed E-state index contributed by atoms with van der Waals surface area (Å²) < 4.78 is 0. The van der Waals surface area contributed by atoms with E-state index >= 15 is 0 Å². The average Bonchev–Trinajstić information content (AvgIpc) is 3.20. The minimum atomic E-state index is 0.0118. The predicted molar refractivity (Wildman–Crippen MR) is 101 cm³/mol. The average molecular weight is 338 g/mol. The summed E-state index contributed by atoms with van der Waals surface area (Å²) in [5.74, 6) is 0.975. The van der Waals surface area contributed by atoms with E-state index in [2.05, 4.69) is 9.88 Å². The van der Waals surface area contributed by atoms with Crippen LogP contribution in [0, 0.1) is 0 Å². The van der Waals surface area contributed by atoms with Crippen LogP contribution in [0.1, 0.15) is 35.2 Å². The molecule has 3 rings (SSSR count). The Bertz CT molecular complexity index is 666. The standard InChI is InChI=1S/C20H26N4O/c21-11-6-14-24(16-17-7-2-1-3-8-17)20(25)18-9-10-19(22-15-18)23-12-4-5-13-23/h1-3,7-10,15H,4-6,11-14,16,21H2. The molecule has 0 aliphatic carbocycles. The second-order valence-corrected chi connectivity index (χ2v) is 6.45. The van der Waals surface area contributed by atoms with E-state index in [1.165, 1.54) is 12.8 Å². The van der Waals surface area contributed by atoms with Gasteiger partial charge in [0.15, 0.2) is 0 Å². The van der Waals surface area contributed by atoms with Gasteiger partial charge in [0.1, 0.15) is 5.82 Å². The van der Waals surface area contributed by atoms with Gasteiger partial charge in [-0.3, -0.25) is 4.79 Å². The van der Waals surface area contributed by atoms with E-state index in [0.29, 0.717) is 25.2 Å². The molecule has 1 aliphatic heterocycles. The summed E-state index contributed by atoms with van der Waals surface area (Å²) in [6, 6.07) is 13.9. The van der Waals surface area contributed by atoms with Crippen LogP contribution >= 0.6 is 0 Å². The van der Waals surface area contributed by atoms with Gasteiger partial charge in [0.05, 0.1) is 5.56 Å². The van der Waals surface area contributed by atoms with Crippen molar-refractivity contribution in [1.29, 1.82) is 0 Å². The molecule has 1 fully saturated rings. The molecule has 1 aromatic carbocycles. The first kappa shape index (κ1) is 17.4. The summed E-state index contributed by atoms with van der Waals surface area (Å²) in [7, 11) is 0. The van der Waals surface area contributed by atoms with Crippen LogP contribution < -0.4 is 10.6 Å². The molecular formula is C20H26N4O. The van der Waals surface area contributed by atoms with Gasteiger partial charge in [0.25, 0.3) is 5.91 Å². The maximum atomic E-state index is 12.9. The van der Waals surface area contributed by atoms with Crippen LogP contribution in [0.25, 0.3) is 0 Å². The largest absolute Gasteiger partial charge is 0.357 e. The van der Waals surface area contributed by atoms with Crippen molar-refractivity contribution in [3.8, 4) is 0 Å². The Hall–Kier alpha value is -2.40. The summed E-state index contributed by atoms with van der Waals surface area (Å²) in [5.41, 5.74) is 7.40. The Balaban J connectivity index is 1.71. The molecule has 1 saturated heterocycles. The molecule has 2 aromatic rings. The van der Waals surface area contributed by atoms with E-state index in [-0.39, 0.29) is 5.91 Å². The van der Waals surface area contributed by atoms with Crippen molar-refractivity contribution >= 4 is 11.7 Å². The van der Waals surface area contributed by atoms with Gasteiger partial charge in [-0.05, 0) is 43.5 Å². The molecule has 5 nitrogen and oxygen atoms in total. The van der Waals surface area contributed by atoms with Gasteiger partial charge in [-0.15, -0.1) is 0 Å². The monoisotopic (exact) mass is 338 g/mol. The van der Waals surface area contributed by atoms with Gasteiger partial charge >= 0.3 is 0 Å². The molecular weight excluding hydrogens is 312 g/mol. The van der Waals surface area contributed by atoms with Crippen molar-refractivity contribution < 1.29 is 4.79 Å².